The number of fused-ring (bicyclic) bond motifs is 1. The molecule has 0 saturated carbocycles. The van der Waals surface area contributed by atoms with Crippen molar-refractivity contribution in [3.8, 4) is 0 Å². The number of Topliss-reactive ketones (excluding diaryl/α,β-unsaturated/α-hetero) is 1. The van der Waals surface area contributed by atoms with Crippen LogP contribution in [0, 0.1) is 5.82 Å². The summed E-state index contributed by atoms with van der Waals surface area (Å²) < 4.78 is 14.6. The Kier molecular flexibility index (Phi) is 4.67. The molecule has 0 aromatic heterocycles. The lowest BCUT2D eigenvalue weighted by Gasteiger charge is -2.33. The van der Waals surface area contributed by atoms with Crippen molar-refractivity contribution in [2.75, 3.05) is 13.1 Å². The van der Waals surface area contributed by atoms with E-state index in [4.69, 9.17) is 0 Å². The number of benzene rings is 1. The Morgan fingerprint density at radius 2 is 2.09 bits per heavy atom. The lowest BCUT2D eigenvalue weighted by Crippen LogP contribution is -2.41. The van der Waals surface area contributed by atoms with Gasteiger partial charge in [0.15, 0.2) is 5.78 Å². The Balaban J connectivity index is 1.83. The van der Waals surface area contributed by atoms with E-state index in [1.165, 1.54) is 25.0 Å². The van der Waals surface area contributed by atoms with Crippen molar-refractivity contribution in [1.82, 2.24) is 4.90 Å². The molecular formula is C17H21BrFNO2. The summed E-state index contributed by atoms with van der Waals surface area (Å²) in [6.07, 6.45) is 5.14. The van der Waals surface area contributed by atoms with Gasteiger partial charge in [-0.05, 0) is 56.8 Å². The molecular weight excluding hydrogens is 349 g/mol. The number of nitrogens with zero attached hydrogens (tertiary/aromatic N) is 1. The van der Waals surface area contributed by atoms with Gasteiger partial charge in [-0.3, -0.25) is 4.79 Å². The molecule has 3 nitrogen and oxygen atoms in total. The topological polar surface area (TPSA) is 40.5 Å². The SMILES string of the molecule is O=C(c1cc(Br)ccc1F)C1(O)CCC2CCCCN2CC1. The minimum absolute atomic E-state index is 0.0169. The highest BCUT2D eigenvalue weighted by atomic mass is 79.9. The Labute approximate surface area is 138 Å². The molecule has 0 spiro atoms. The van der Waals surface area contributed by atoms with Crippen LogP contribution in [0.2, 0.25) is 0 Å². The summed E-state index contributed by atoms with van der Waals surface area (Å²) in [7, 11) is 0. The van der Waals surface area contributed by atoms with E-state index < -0.39 is 17.2 Å². The monoisotopic (exact) mass is 369 g/mol. The van der Waals surface area contributed by atoms with Gasteiger partial charge in [0.05, 0.1) is 5.56 Å². The third-order valence-corrected chi connectivity index (χ3v) is 5.54. The Morgan fingerprint density at radius 1 is 1.27 bits per heavy atom. The van der Waals surface area contributed by atoms with Crippen molar-refractivity contribution >= 4 is 21.7 Å². The first-order valence-corrected chi connectivity index (χ1v) is 8.75. The minimum atomic E-state index is -1.45. The van der Waals surface area contributed by atoms with Crippen molar-refractivity contribution in [2.45, 2.75) is 50.2 Å². The molecule has 3 rings (SSSR count). The average molecular weight is 370 g/mol. The largest absolute Gasteiger partial charge is 0.382 e. The molecule has 120 valence electrons. The number of carbonyl (C=O) groups is 1. The smallest absolute Gasteiger partial charge is 0.197 e. The van der Waals surface area contributed by atoms with Gasteiger partial charge >= 0.3 is 0 Å². The number of aliphatic hydroxyl groups is 1. The van der Waals surface area contributed by atoms with Crippen molar-refractivity contribution in [3.63, 3.8) is 0 Å². The number of piperidine rings is 1. The fraction of sp³-hybridized carbons (Fsp3) is 0.588. The normalized spacial score (nSPS) is 29.7. The molecule has 2 aliphatic heterocycles. The molecule has 5 heteroatoms. The second-order valence-corrected chi connectivity index (χ2v) is 7.37. The summed E-state index contributed by atoms with van der Waals surface area (Å²) in [5.41, 5.74) is -1.46. The predicted molar refractivity (Wildman–Crippen MR) is 86.4 cm³/mol. The van der Waals surface area contributed by atoms with Gasteiger partial charge in [-0.2, -0.15) is 0 Å². The van der Waals surface area contributed by atoms with Crippen molar-refractivity contribution in [1.29, 1.82) is 0 Å². The van der Waals surface area contributed by atoms with Crippen LogP contribution < -0.4 is 0 Å². The first-order chi connectivity index (χ1) is 10.5. The highest BCUT2D eigenvalue weighted by Crippen LogP contribution is 2.33. The Bertz CT molecular complexity index is 562. The second kappa shape index (κ2) is 6.38. The average Bonchev–Trinajstić information content (AvgIpc) is 2.70. The lowest BCUT2D eigenvalue weighted by atomic mass is 9.85. The van der Waals surface area contributed by atoms with Crippen LogP contribution in [0.1, 0.15) is 48.9 Å². The molecule has 2 fully saturated rings. The minimum Gasteiger partial charge on any atom is -0.382 e. The van der Waals surface area contributed by atoms with Crippen LogP contribution in [0.15, 0.2) is 22.7 Å². The third kappa shape index (κ3) is 3.12. The molecule has 0 aliphatic carbocycles. The zero-order valence-corrected chi connectivity index (χ0v) is 14.1. The van der Waals surface area contributed by atoms with E-state index in [9.17, 15) is 14.3 Å². The van der Waals surface area contributed by atoms with E-state index in [0.717, 1.165) is 19.4 Å². The molecule has 2 atom stereocenters. The summed E-state index contributed by atoms with van der Waals surface area (Å²) in [5.74, 6) is -1.05. The molecule has 0 radical (unpaired) electrons. The molecule has 1 aromatic carbocycles. The maximum atomic E-state index is 14.0. The summed E-state index contributed by atoms with van der Waals surface area (Å²) >= 11 is 3.26. The van der Waals surface area contributed by atoms with Crippen LogP contribution >= 0.6 is 15.9 Å². The highest BCUT2D eigenvalue weighted by Gasteiger charge is 2.41. The molecule has 0 bridgehead atoms. The van der Waals surface area contributed by atoms with Crippen molar-refractivity contribution in [2.24, 2.45) is 0 Å². The summed E-state index contributed by atoms with van der Waals surface area (Å²) in [4.78, 5) is 15.1. The Hall–Kier alpha value is -0.780. The van der Waals surface area contributed by atoms with E-state index in [1.54, 1.807) is 6.07 Å². The standard InChI is InChI=1S/C17H21BrFNO2/c18-12-4-5-15(19)14(11-12)16(21)17(22)7-6-13-3-1-2-9-20(13)10-8-17/h4-5,11,13,22H,1-3,6-10H2. The maximum absolute atomic E-state index is 14.0. The molecule has 22 heavy (non-hydrogen) atoms. The van der Waals surface area contributed by atoms with E-state index in [0.29, 0.717) is 29.9 Å². The maximum Gasteiger partial charge on any atom is 0.197 e. The Morgan fingerprint density at radius 3 is 2.91 bits per heavy atom. The van der Waals surface area contributed by atoms with Crippen molar-refractivity contribution in [3.05, 3.63) is 34.1 Å². The third-order valence-electron chi connectivity index (χ3n) is 5.05. The van der Waals surface area contributed by atoms with E-state index in [1.807, 2.05) is 0 Å². The quantitative estimate of drug-likeness (QED) is 0.810. The van der Waals surface area contributed by atoms with Crippen LogP contribution in [-0.2, 0) is 0 Å². The fourth-order valence-corrected chi connectivity index (χ4v) is 4.05. The van der Waals surface area contributed by atoms with Gasteiger partial charge in [-0.1, -0.05) is 22.4 Å². The summed E-state index contributed by atoms with van der Waals surface area (Å²) in [6, 6.07) is 4.75. The zero-order chi connectivity index (χ0) is 15.7. The van der Waals surface area contributed by atoms with Crippen LogP contribution in [-0.4, -0.2) is 40.5 Å². The number of rotatable bonds is 2. The number of carbonyl (C=O) groups excluding carboxylic acids is 1. The summed E-state index contributed by atoms with van der Waals surface area (Å²) in [5, 5.41) is 10.9. The molecule has 2 aliphatic rings. The zero-order valence-electron chi connectivity index (χ0n) is 12.5. The van der Waals surface area contributed by atoms with E-state index in [-0.39, 0.29) is 5.56 Å². The van der Waals surface area contributed by atoms with Gasteiger partial charge in [0.25, 0.3) is 0 Å². The first-order valence-electron chi connectivity index (χ1n) is 7.96. The predicted octanol–water partition coefficient (Wildman–Crippen LogP) is 3.54. The number of halogens is 2. The number of hydrogen-bond donors (Lipinski definition) is 1. The second-order valence-electron chi connectivity index (χ2n) is 6.46. The molecule has 0 amide bonds. The molecule has 1 N–H and O–H groups in total. The van der Waals surface area contributed by atoms with E-state index in [2.05, 4.69) is 20.8 Å². The fourth-order valence-electron chi connectivity index (χ4n) is 3.69. The van der Waals surface area contributed by atoms with Gasteiger partial charge in [0.1, 0.15) is 11.4 Å². The molecule has 2 unspecified atom stereocenters. The molecule has 1 aromatic rings. The van der Waals surface area contributed by atoms with Crippen molar-refractivity contribution < 1.29 is 14.3 Å². The first kappa shape index (κ1) is 16.1. The van der Waals surface area contributed by atoms with Gasteiger partial charge in [0, 0.05) is 17.1 Å². The van der Waals surface area contributed by atoms with Gasteiger partial charge < -0.3 is 10.0 Å². The van der Waals surface area contributed by atoms with Gasteiger partial charge in [-0.15, -0.1) is 0 Å². The number of ketones is 1. The highest BCUT2D eigenvalue weighted by molar-refractivity contribution is 9.10. The van der Waals surface area contributed by atoms with Crippen LogP contribution in [0.3, 0.4) is 0 Å². The van der Waals surface area contributed by atoms with E-state index >= 15 is 0 Å². The van der Waals surface area contributed by atoms with Crippen LogP contribution in [0.5, 0.6) is 0 Å². The number of hydrogen-bond acceptors (Lipinski definition) is 3. The summed E-state index contributed by atoms with van der Waals surface area (Å²) in [6.45, 7) is 1.75. The van der Waals surface area contributed by atoms with Gasteiger partial charge in [0.2, 0.25) is 0 Å². The van der Waals surface area contributed by atoms with Crippen LogP contribution in [0.4, 0.5) is 4.39 Å². The van der Waals surface area contributed by atoms with Gasteiger partial charge in [-0.25, -0.2) is 4.39 Å². The van der Waals surface area contributed by atoms with Crippen LogP contribution in [0.25, 0.3) is 0 Å². The molecule has 2 saturated heterocycles. The molecule has 2 heterocycles. The lowest BCUT2D eigenvalue weighted by molar-refractivity contribution is 0.0236.